The molecule has 0 saturated heterocycles. The van der Waals surface area contributed by atoms with Crippen molar-refractivity contribution in [3.05, 3.63) is 23.1 Å². The summed E-state index contributed by atoms with van der Waals surface area (Å²) in [6, 6.07) is 1.32. The van der Waals surface area contributed by atoms with E-state index in [2.05, 4.69) is 35.6 Å². The Hall–Kier alpha value is -1.78. The van der Waals surface area contributed by atoms with Gasteiger partial charge in [-0.05, 0) is 13.0 Å². The molecule has 11 heteroatoms. The summed E-state index contributed by atoms with van der Waals surface area (Å²) in [5.74, 6) is 0.670. The lowest BCUT2D eigenvalue weighted by molar-refractivity contribution is 0.579. The van der Waals surface area contributed by atoms with E-state index in [0.29, 0.717) is 12.4 Å². The first-order valence-electron chi connectivity index (χ1n) is 5.64. The van der Waals surface area contributed by atoms with E-state index in [9.17, 15) is 8.42 Å². The van der Waals surface area contributed by atoms with Crippen LogP contribution in [0.15, 0.2) is 17.2 Å². The number of tetrazole rings is 1. The number of rotatable bonds is 6. The number of pyridine rings is 1. The Morgan fingerprint density at radius 3 is 2.85 bits per heavy atom. The highest BCUT2D eigenvalue weighted by molar-refractivity contribution is 7.89. The lowest BCUT2D eigenvalue weighted by Gasteiger charge is -2.08. The molecule has 108 valence electrons. The van der Waals surface area contributed by atoms with Crippen LogP contribution >= 0.6 is 11.6 Å². The first-order valence-corrected chi connectivity index (χ1v) is 7.50. The van der Waals surface area contributed by atoms with Crippen LogP contribution in [0.2, 0.25) is 5.02 Å². The second-order valence-corrected chi connectivity index (χ2v) is 5.86. The Morgan fingerprint density at radius 1 is 1.45 bits per heavy atom. The molecule has 9 nitrogen and oxygen atoms in total. The van der Waals surface area contributed by atoms with E-state index >= 15 is 0 Å². The van der Waals surface area contributed by atoms with Crippen LogP contribution in [-0.4, -0.2) is 40.6 Å². The molecule has 0 saturated carbocycles. The van der Waals surface area contributed by atoms with Gasteiger partial charge in [-0.25, -0.2) is 18.1 Å². The maximum Gasteiger partial charge on any atom is 0.242 e. The number of aromatic amines is 1. The summed E-state index contributed by atoms with van der Waals surface area (Å²) in [5.41, 5.74) is 0. The maximum absolute atomic E-state index is 12.0. The van der Waals surface area contributed by atoms with Crippen molar-refractivity contribution in [2.24, 2.45) is 0 Å². The Kier molecular flexibility index (Phi) is 4.47. The van der Waals surface area contributed by atoms with Gasteiger partial charge >= 0.3 is 0 Å². The first-order chi connectivity index (χ1) is 9.53. The monoisotopic (exact) mass is 317 g/mol. The van der Waals surface area contributed by atoms with E-state index in [1.54, 1.807) is 0 Å². The van der Waals surface area contributed by atoms with E-state index in [1.807, 2.05) is 6.92 Å². The van der Waals surface area contributed by atoms with Gasteiger partial charge in [0, 0.05) is 12.7 Å². The van der Waals surface area contributed by atoms with Crippen LogP contribution in [-0.2, 0) is 16.6 Å². The van der Waals surface area contributed by atoms with Crippen molar-refractivity contribution in [2.75, 3.05) is 11.9 Å². The van der Waals surface area contributed by atoms with Crippen molar-refractivity contribution in [3.8, 4) is 0 Å². The van der Waals surface area contributed by atoms with Gasteiger partial charge in [0.25, 0.3) is 0 Å². The molecule has 0 aromatic carbocycles. The minimum Gasteiger partial charge on any atom is -0.369 e. The number of halogens is 1. The highest BCUT2D eigenvalue weighted by atomic mass is 35.5. The minimum absolute atomic E-state index is 0.0346. The molecule has 2 aromatic rings. The molecule has 0 amide bonds. The Morgan fingerprint density at radius 2 is 2.25 bits per heavy atom. The average molecular weight is 318 g/mol. The van der Waals surface area contributed by atoms with Crippen LogP contribution < -0.4 is 10.0 Å². The molecule has 0 aliphatic heterocycles. The fourth-order valence-corrected chi connectivity index (χ4v) is 2.61. The molecule has 2 aromatic heterocycles. The van der Waals surface area contributed by atoms with Gasteiger partial charge in [-0.3, -0.25) is 0 Å². The third-order valence-electron chi connectivity index (χ3n) is 2.28. The molecule has 0 radical (unpaired) electrons. The Bertz CT molecular complexity index is 674. The molecule has 2 heterocycles. The highest BCUT2D eigenvalue weighted by Crippen LogP contribution is 2.22. The van der Waals surface area contributed by atoms with Gasteiger partial charge < -0.3 is 5.32 Å². The number of anilines is 1. The van der Waals surface area contributed by atoms with E-state index in [1.165, 1.54) is 12.3 Å². The molecule has 2 rings (SSSR count). The van der Waals surface area contributed by atoms with Gasteiger partial charge in [0.2, 0.25) is 10.0 Å². The number of hydrogen-bond acceptors (Lipinski definition) is 7. The van der Waals surface area contributed by atoms with E-state index in [-0.39, 0.29) is 22.3 Å². The SMILES string of the molecule is CCNc1ncc(S(=O)(=O)NCc2nn[nH]n2)cc1Cl. The molecule has 0 fully saturated rings. The zero-order valence-corrected chi connectivity index (χ0v) is 12.0. The standard InChI is InChI=1S/C9H12ClN7O2S/c1-2-11-9-7(10)3-6(4-12-9)20(18,19)13-5-8-14-16-17-15-8/h3-4,13H,2,5H2,1H3,(H,11,12)(H,14,15,16,17). The smallest absolute Gasteiger partial charge is 0.242 e. The Balaban J connectivity index is 2.14. The summed E-state index contributed by atoms with van der Waals surface area (Å²) in [5, 5.41) is 16.0. The number of nitrogens with one attached hydrogen (secondary N) is 3. The fraction of sp³-hybridized carbons (Fsp3) is 0.333. The largest absolute Gasteiger partial charge is 0.369 e. The van der Waals surface area contributed by atoms with Crippen molar-refractivity contribution < 1.29 is 8.42 Å². The minimum atomic E-state index is -3.74. The van der Waals surface area contributed by atoms with Gasteiger partial charge in [-0.15, -0.1) is 10.2 Å². The van der Waals surface area contributed by atoms with Crippen LogP contribution in [0.25, 0.3) is 0 Å². The summed E-state index contributed by atoms with van der Waals surface area (Å²) in [6.07, 6.45) is 1.22. The van der Waals surface area contributed by atoms with Gasteiger partial charge in [0.05, 0.1) is 11.6 Å². The topological polar surface area (TPSA) is 126 Å². The molecular formula is C9H12ClN7O2S. The number of aromatic nitrogens is 5. The fourth-order valence-electron chi connectivity index (χ4n) is 1.37. The normalized spacial score (nSPS) is 11.5. The second-order valence-electron chi connectivity index (χ2n) is 3.68. The number of sulfonamides is 1. The van der Waals surface area contributed by atoms with Crippen molar-refractivity contribution in [1.29, 1.82) is 0 Å². The van der Waals surface area contributed by atoms with Crippen molar-refractivity contribution in [2.45, 2.75) is 18.4 Å². The van der Waals surface area contributed by atoms with E-state index in [4.69, 9.17) is 11.6 Å². The molecule has 0 aliphatic carbocycles. The quantitative estimate of drug-likeness (QED) is 0.692. The van der Waals surface area contributed by atoms with Crippen molar-refractivity contribution >= 4 is 27.4 Å². The zero-order valence-electron chi connectivity index (χ0n) is 10.5. The molecule has 20 heavy (non-hydrogen) atoms. The van der Waals surface area contributed by atoms with Crippen molar-refractivity contribution in [3.63, 3.8) is 0 Å². The summed E-state index contributed by atoms with van der Waals surface area (Å²) in [4.78, 5) is 3.93. The highest BCUT2D eigenvalue weighted by Gasteiger charge is 2.17. The molecule has 0 aliphatic rings. The second kappa shape index (κ2) is 6.11. The van der Waals surface area contributed by atoms with Crippen LogP contribution in [0.1, 0.15) is 12.7 Å². The van der Waals surface area contributed by atoms with Gasteiger partial charge in [0.15, 0.2) is 5.82 Å². The van der Waals surface area contributed by atoms with E-state index < -0.39 is 10.0 Å². The third kappa shape index (κ3) is 3.40. The summed E-state index contributed by atoms with van der Waals surface area (Å²) in [7, 11) is -3.74. The summed E-state index contributed by atoms with van der Waals surface area (Å²) in [6.45, 7) is 2.44. The maximum atomic E-state index is 12.0. The van der Waals surface area contributed by atoms with Crippen LogP contribution in [0, 0.1) is 0 Å². The van der Waals surface area contributed by atoms with Crippen molar-refractivity contribution in [1.82, 2.24) is 30.3 Å². The third-order valence-corrected chi connectivity index (χ3v) is 3.94. The lowest BCUT2D eigenvalue weighted by Crippen LogP contribution is -2.24. The molecule has 0 atom stereocenters. The zero-order chi connectivity index (χ0) is 14.6. The predicted molar refractivity (Wildman–Crippen MR) is 71.6 cm³/mol. The molecular weight excluding hydrogens is 306 g/mol. The van der Waals surface area contributed by atoms with Crippen LogP contribution in [0.5, 0.6) is 0 Å². The number of H-pyrrole nitrogens is 1. The molecule has 0 spiro atoms. The molecule has 0 bridgehead atoms. The first kappa shape index (κ1) is 14.6. The van der Waals surface area contributed by atoms with Gasteiger partial charge in [-0.2, -0.15) is 5.21 Å². The van der Waals surface area contributed by atoms with Crippen LogP contribution in [0.3, 0.4) is 0 Å². The summed E-state index contributed by atoms with van der Waals surface area (Å²) >= 11 is 5.96. The van der Waals surface area contributed by atoms with Gasteiger partial charge in [-0.1, -0.05) is 16.8 Å². The van der Waals surface area contributed by atoms with Gasteiger partial charge in [0.1, 0.15) is 10.7 Å². The number of hydrogen-bond donors (Lipinski definition) is 3. The molecule has 0 unspecified atom stereocenters. The van der Waals surface area contributed by atoms with E-state index in [0.717, 1.165) is 0 Å². The molecule has 3 N–H and O–H groups in total. The predicted octanol–water partition coefficient (Wildman–Crippen LogP) is 0.158. The van der Waals surface area contributed by atoms with Crippen LogP contribution in [0.4, 0.5) is 5.82 Å². The average Bonchev–Trinajstić information content (AvgIpc) is 2.92. The summed E-state index contributed by atoms with van der Waals surface area (Å²) < 4.78 is 26.4. The Labute approximate surface area is 120 Å². The lowest BCUT2D eigenvalue weighted by atomic mass is 10.4. The number of nitrogens with zero attached hydrogens (tertiary/aromatic N) is 4.